The number of aromatic amines is 1. The quantitative estimate of drug-likeness (QED) is 0.891. The predicted octanol–water partition coefficient (Wildman–Crippen LogP) is 1.96. The normalized spacial score (nSPS) is 28.1. The molecule has 6 nitrogen and oxygen atoms in total. The second kappa shape index (κ2) is 6.48. The van der Waals surface area contributed by atoms with E-state index in [1.165, 1.54) is 0 Å². The van der Waals surface area contributed by atoms with E-state index in [9.17, 15) is 9.59 Å². The van der Waals surface area contributed by atoms with E-state index in [2.05, 4.69) is 9.88 Å². The molecule has 1 atom stereocenters. The highest BCUT2D eigenvalue weighted by Crippen LogP contribution is 2.41. The maximum absolute atomic E-state index is 13.3. The fourth-order valence-electron chi connectivity index (χ4n) is 4.73. The minimum absolute atomic E-state index is 0.0478. The highest BCUT2D eigenvalue weighted by Gasteiger charge is 2.50. The molecular weight excluding hydrogens is 318 g/mol. The van der Waals surface area contributed by atoms with Gasteiger partial charge >= 0.3 is 0 Å². The molecule has 3 fully saturated rings. The predicted molar refractivity (Wildman–Crippen MR) is 93.3 cm³/mol. The molecule has 1 N–H and O–H groups in total. The van der Waals surface area contributed by atoms with Crippen LogP contribution in [0.3, 0.4) is 0 Å². The van der Waals surface area contributed by atoms with Gasteiger partial charge < -0.3 is 19.5 Å². The summed E-state index contributed by atoms with van der Waals surface area (Å²) in [6, 6.07) is 2.15. The van der Waals surface area contributed by atoms with Crippen LogP contribution in [0.15, 0.2) is 12.3 Å². The van der Waals surface area contributed by atoms with Gasteiger partial charge in [0, 0.05) is 50.8 Å². The fourth-order valence-corrected chi connectivity index (χ4v) is 4.73. The van der Waals surface area contributed by atoms with E-state index in [0.717, 1.165) is 63.1 Å². The third-order valence-corrected chi connectivity index (χ3v) is 6.23. The lowest BCUT2D eigenvalue weighted by atomic mass is 9.77. The third-order valence-electron chi connectivity index (χ3n) is 6.23. The van der Waals surface area contributed by atoms with Crippen molar-refractivity contribution in [1.82, 2.24) is 14.8 Å². The van der Waals surface area contributed by atoms with E-state index in [1.807, 2.05) is 17.9 Å². The Kier molecular flexibility index (Phi) is 4.31. The standard InChI is InChI=1S/C19H27N3O3/c1-14-16(3-8-20-14)17(23)21-10-7-19(13-21)6-2-9-22(18(19)24)15-4-11-25-12-5-15/h3,8,15,20H,2,4-7,9-13H2,1H3/t19-/m1/s1. The van der Waals surface area contributed by atoms with Gasteiger partial charge in [-0.1, -0.05) is 0 Å². The number of carbonyl (C=O) groups excluding carboxylic acids is 2. The number of piperidine rings is 1. The molecule has 1 aromatic rings. The van der Waals surface area contributed by atoms with Gasteiger partial charge in [0.15, 0.2) is 0 Å². The Hall–Kier alpha value is -1.82. The largest absolute Gasteiger partial charge is 0.381 e. The van der Waals surface area contributed by atoms with Crippen molar-refractivity contribution < 1.29 is 14.3 Å². The van der Waals surface area contributed by atoms with E-state index >= 15 is 0 Å². The maximum atomic E-state index is 13.3. The number of rotatable bonds is 2. The van der Waals surface area contributed by atoms with Crippen molar-refractivity contribution in [1.29, 1.82) is 0 Å². The summed E-state index contributed by atoms with van der Waals surface area (Å²) < 4.78 is 5.45. The van der Waals surface area contributed by atoms with Gasteiger partial charge in [-0.2, -0.15) is 0 Å². The number of aryl methyl sites for hydroxylation is 1. The SMILES string of the molecule is Cc1[nH]ccc1C(=O)N1CC[C@]2(CCCN(C3CCOCC3)C2=O)C1. The minimum atomic E-state index is -0.365. The van der Waals surface area contributed by atoms with Crippen LogP contribution in [0, 0.1) is 12.3 Å². The summed E-state index contributed by atoms with van der Waals surface area (Å²) in [6.07, 6.45) is 6.41. The summed E-state index contributed by atoms with van der Waals surface area (Å²) in [5, 5.41) is 0. The number of hydrogen-bond acceptors (Lipinski definition) is 3. The Morgan fingerprint density at radius 1 is 1.28 bits per heavy atom. The van der Waals surface area contributed by atoms with E-state index in [-0.39, 0.29) is 17.2 Å². The minimum Gasteiger partial charge on any atom is -0.381 e. The molecule has 4 rings (SSSR count). The van der Waals surface area contributed by atoms with Gasteiger partial charge in [-0.05, 0) is 45.1 Å². The Balaban J connectivity index is 1.49. The van der Waals surface area contributed by atoms with Gasteiger partial charge in [0.05, 0.1) is 11.0 Å². The molecule has 0 unspecified atom stereocenters. The molecule has 2 amide bonds. The molecule has 4 heterocycles. The Morgan fingerprint density at radius 2 is 2.08 bits per heavy atom. The van der Waals surface area contributed by atoms with Crippen LogP contribution in [0.1, 0.15) is 48.2 Å². The summed E-state index contributed by atoms with van der Waals surface area (Å²) in [4.78, 5) is 33.2. The highest BCUT2D eigenvalue weighted by molar-refractivity contribution is 5.96. The van der Waals surface area contributed by atoms with Crippen LogP contribution in [-0.4, -0.2) is 65.5 Å². The van der Waals surface area contributed by atoms with E-state index in [0.29, 0.717) is 19.1 Å². The molecule has 0 aliphatic carbocycles. The molecule has 136 valence electrons. The average molecular weight is 345 g/mol. The van der Waals surface area contributed by atoms with Crippen molar-refractivity contribution in [3.8, 4) is 0 Å². The summed E-state index contributed by atoms with van der Waals surface area (Å²) >= 11 is 0. The summed E-state index contributed by atoms with van der Waals surface area (Å²) in [5.74, 6) is 0.318. The average Bonchev–Trinajstić information content (AvgIpc) is 3.25. The first-order valence-electron chi connectivity index (χ1n) is 9.43. The molecule has 25 heavy (non-hydrogen) atoms. The zero-order valence-corrected chi connectivity index (χ0v) is 14.9. The molecule has 1 spiro atoms. The van der Waals surface area contributed by atoms with Gasteiger partial charge in [-0.15, -0.1) is 0 Å². The smallest absolute Gasteiger partial charge is 0.255 e. The van der Waals surface area contributed by atoms with Crippen LogP contribution in [0.4, 0.5) is 0 Å². The van der Waals surface area contributed by atoms with Crippen molar-refractivity contribution in [2.45, 2.75) is 45.1 Å². The van der Waals surface area contributed by atoms with Gasteiger partial charge in [0.2, 0.25) is 5.91 Å². The topological polar surface area (TPSA) is 65.6 Å². The molecule has 0 aromatic carbocycles. The molecule has 3 aliphatic rings. The van der Waals surface area contributed by atoms with Crippen molar-refractivity contribution in [2.75, 3.05) is 32.8 Å². The summed E-state index contributed by atoms with van der Waals surface area (Å²) in [5.41, 5.74) is 1.25. The third kappa shape index (κ3) is 2.86. The summed E-state index contributed by atoms with van der Waals surface area (Å²) in [6.45, 7) is 5.51. The number of nitrogens with one attached hydrogen (secondary N) is 1. The van der Waals surface area contributed by atoms with Crippen molar-refractivity contribution in [3.05, 3.63) is 23.5 Å². The number of ether oxygens (including phenoxy) is 1. The second-order valence-electron chi connectivity index (χ2n) is 7.72. The number of likely N-dealkylation sites (tertiary alicyclic amines) is 2. The second-order valence-corrected chi connectivity index (χ2v) is 7.72. The van der Waals surface area contributed by atoms with E-state index in [4.69, 9.17) is 4.74 Å². The number of nitrogens with zero attached hydrogens (tertiary/aromatic N) is 2. The van der Waals surface area contributed by atoms with Crippen LogP contribution >= 0.6 is 0 Å². The zero-order chi connectivity index (χ0) is 17.4. The molecule has 0 bridgehead atoms. The lowest BCUT2D eigenvalue weighted by Crippen LogP contribution is -2.55. The molecule has 3 aliphatic heterocycles. The fraction of sp³-hybridized carbons (Fsp3) is 0.684. The van der Waals surface area contributed by atoms with Gasteiger partial charge in [0.1, 0.15) is 0 Å². The van der Waals surface area contributed by atoms with Crippen LogP contribution in [0.2, 0.25) is 0 Å². The zero-order valence-electron chi connectivity index (χ0n) is 14.9. The number of amides is 2. The van der Waals surface area contributed by atoms with Crippen molar-refractivity contribution in [2.24, 2.45) is 5.41 Å². The lowest BCUT2D eigenvalue weighted by Gasteiger charge is -2.44. The van der Waals surface area contributed by atoms with Crippen LogP contribution in [0.5, 0.6) is 0 Å². The highest BCUT2D eigenvalue weighted by atomic mass is 16.5. The Morgan fingerprint density at radius 3 is 2.80 bits per heavy atom. The molecule has 3 saturated heterocycles. The van der Waals surface area contributed by atoms with Crippen LogP contribution in [0.25, 0.3) is 0 Å². The van der Waals surface area contributed by atoms with E-state index < -0.39 is 0 Å². The van der Waals surface area contributed by atoms with Crippen LogP contribution in [-0.2, 0) is 9.53 Å². The monoisotopic (exact) mass is 345 g/mol. The Bertz CT molecular complexity index is 665. The number of hydrogen-bond donors (Lipinski definition) is 1. The first-order chi connectivity index (χ1) is 12.1. The lowest BCUT2D eigenvalue weighted by molar-refractivity contribution is -0.150. The van der Waals surface area contributed by atoms with Gasteiger partial charge in [0.25, 0.3) is 5.91 Å². The first kappa shape index (κ1) is 16.6. The number of aromatic nitrogens is 1. The number of carbonyl (C=O) groups is 2. The van der Waals surface area contributed by atoms with Crippen molar-refractivity contribution >= 4 is 11.8 Å². The van der Waals surface area contributed by atoms with Crippen molar-refractivity contribution in [3.63, 3.8) is 0 Å². The molecule has 6 heteroatoms. The van der Waals surface area contributed by atoms with Gasteiger partial charge in [-0.3, -0.25) is 9.59 Å². The first-order valence-corrected chi connectivity index (χ1v) is 9.43. The number of H-pyrrole nitrogens is 1. The van der Waals surface area contributed by atoms with Crippen LogP contribution < -0.4 is 0 Å². The molecule has 0 radical (unpaired) electrons. The molecular formula is C19H27N3O3. The van der Waals surface area contributed by atoms with E-state index in [1.54, 1.807) is 6.20 Å². The summed E-state index contributed by atoms with van der Waals surface area (Å²) in [7, 11) is 0. The maximum Gasteiger partial charge on any atom is 0.255 e. The molecule has 0 saturated carbocycles. The molecule has 1 aromatic heterocycles. The Labute approximate surface area is 148 Å². The van der Waals surface area contributed by atoms with Gasteiger partial charge in [-0.25, -0.2) is 0 Å².